The van der Waals surface area contributed by atoms with Crippen LogP contribution in [-0.2, 0) is 14.9 Å². The van der Waals surface area contributed by atoms with Crippen LogP contribution in [0.3, 0.4) is 0 Å². The van der Waals surface area contributed by atoms with Gasteiger partial charge in [0.2, 0.25) is 5.91 Å². The number of hydrogen-bond donors (Lipinski definition) is 2. The van der Waals surface area contributed by atoms with Crippen molar-refractivity contribution in [3.8, 4) is 0 Å². The van der Waals surface area contributed by atoms with E-state index < -0.39 is 0 Å². The Kier molecular flexibility index (Phi) is 6.88. The summed E-state index contributed by atoms with van der Waals surface area (Å²) in [6, 6.07) is 10.8. The normalized spacial score (nSPS) is 32.0. The van der Waals surface area contributed by atoms with Crippen LogP contribution < -0.4 is 5.32 Å². The Hall–Kier alpha value is -1.43. The summed E-state index contributed by atoms with van der Waals surface area (Å²) in [5.74, 6) is 0.424. The van der Waals surface area contributed by atoms with Gasteiger partial charge in [-0.25, -0.2) is 0 Å². The fraction of sp³-hybridized carbons (Fsp3) is 0.708. The lowest BCUT2D eigenvalue weighted by molar-refractivity contribution is -0.125. The predicted molar refractivity (Wildman–Crippen MR) is 114 cm³/mol. The van der Waals surface area contributed by atoms with E-state index in [1.807, 2.05) is 0 Å². The Morgan fingerprint density at radius 3 is 2.48 bits per heavy atom. The monoisotopic (exact) mass is 400 g/mol. The molecule has 3 aliphatic rings. The molecule has 2 saturated carbocycles. The number of rotatable bonds is 5. The Labute approximate surface area is 174 Å². The molecule has 0 spiro atoms. The van der Waals surface area contributed by atoms with E-state index in [9.17, 15) is 9.90 Å². The number of nitrogens with one attached hydrogen (secondary N) is 1. The lowest BCUT2D eigenvalue weighted by Crippen LogP contribution is -2.48. The van der Waals surface area contributed by atoms with Crippen molar-refractivity contribution in [3.05, 3.63) is 35.9 Å². The van der Waals surface area contributed by atoms with Crippen LogP contribution in [0.25, 0.3) is 0 Å². The summed E-state index contributed by atoms with van der Waals surface area (Å²) in [5.41, 5.74) is 1.19. The maximum atomic E-state index is 12.7. The van der Waals surface area contributed by atoms with Crippen LogP contribution in [0.1, 0.15) is 56.9 Å². The van der Waals surface area contributed by atoms with Gasteiger partial charge < -0.3 is 15.2 Å². The van der Waals surface area contributed by atoms with Crippen molar-refractivity contribution >= 4 is 5.91 Å². The molecule has 29 heavy (non-hydrogen) atoms. The number of carbonyl (C=O) groups excluding carboxylic acids is 1. The number of carbonyl (C=O) groups is 1. The summed E-state index contributed by atoms with van der Waals surface area (Å²) in [6.07, 6.45) is 7.72. The van der Waals surface area contributed by atoms with E-state index in [-0.39, 0.29) is 29.4 Å². The first-order chi connectivity index (χ1) is 14.2. The first-order valence-corrected chi connectivity index (χ1v) is 11.5. The fourth-order valence-electron chi connectivity index (χ4n) is 5.64. The molecular formula is C24H36N2O3. The van der Waals surface area contributed by atoms with Gasteiger partial charge in [-0.2, -0.15) is 0 Å². The highest BCUT2D eigenvalue weighted by Crippen LogP contribution is 2.39. The molecule has 1 aromatic carbocycles. The van der Waals surface area contributed by atoms with Crippen molar-refractivity contribution in [1.82, 2.24) is 10.2 Å². The van der Waals surface area contributed by atoms with Crippen LogP contribution in [0, 0.1) is 5.92 Å². The summed E-state index contributed by atoms with van der Waals surface area (Å²) >= 11 is 0. The van der Waals surface area contributed by atoms with Gasteiger partial charge in [0.25, 0.3) is 0 Å². The summed E-state index contributed by atoms with van der Waals surface area (Å²) in [6.45, 7) is 3.99. The minimum absolute atomic E-state index is 0.0997. The highest BCUT2D eigenvalue weighted by molar-refractivity contribution is 5.79. The third kappa shape index (κ3) is 4.84. The molecule has 1 saturated heterocycles. The van der Waals surface area contributed by atoms with E-state index in [1.165, 1.54) is 18.4 Å². The van der Waals surface area contributed by atoms with Crippen molar-refractivity contribution in [3.63, 3.8) is 0 Å². The highest BCUT2D eigenvalue weighted by atomic mass is 16.5. The maximum absolute atomic E-state index is 12.7. The molecule has 1 amide bonds. The predicted octanol–water partition coefficient (Wildman–Crippen LogP) is 2.87. The Morgan fingerprint density at radius 2 is 1.76 bits per heavy atom. The Balaban J connectivity index is 1.50. The van der Waals surface area contributed by atoms with Gasteiger partial charge in [-0.15, -0.1) is 0 Å². The van der Waals surface area contributed by atoms with Gasteiger partial charge in [-0.3, -0.25) is 9.69 Å². The number of amides is 1. The molecular weight excluding hydrogens is 364 g/mol. The summed E-state index contributed by atoms with van der Waals surface area (Å²) in [5, 5.41) is 14.3. The summed E-state index contributed by atoms with van der Waals surface area (Å²) in [4.78, 5) is 15.1. The van der Waals surface area contributed by atoms with E-state index in [2.05, 4.69) is 40.5 Å². The number of hydrogen-bond acceptors (Lipinski definition) is 4. The van der Waals surface area contributed by atoms with E-state index in [4.69, 9.17) is 4.74 Å². The number of morpholine rings is 1. The molecule has 1 heterocycles. The number of nitrogens with zero attached hydrogens (tertiary/aromatic N) is 1. The molecule has 2 aliphatic carbocycles. The SMILES string of the molecule is O=C(NC[C@]1(c2ccccc2)CC[C@H](O)[C@@H](N2CCOCC2)CC1)C1CCCC1. The van der Waals surface area contributed by atoms with E-state index >= 15 is 0 Å². The van der Waals surface area contributed by atoms with E-state index in [0.717, 1.165) is 64.8 Å². The molecule has 3 fully saturated rings. The number of aliphatic hydroxyl groups is 1. The van der Waals surface area contributed by atoms with Crippen LogP contribution in [0.4, 0.5) is 0 Å². The average Bonchev–Trinajstić information content (AvgIpc) is 3.26. The first-order valence-electron chi connectivity index (χ1n) is 11.5. The smallest absolute Gasteiger partial charge is 0.223 e. The first kappa shape index (κ1) is 20.8. The molecule has 0 radical (unpaired) electrons. The van der Waals surface area contributed by atoms with Crippen molar-refractivity contribution in [2.75, 3.05) is 32.8 Å². The zero-order valence-corrected chi connectivity index (χ0v) is 17.5. The molecule has 160 valence electrons. The van der Waals surface area contributed by atoms with Gasteiger partial charge in [-0.1, -0.05) is 43.2 Å². The second-order valence-electron chi connectivity index (χ2n) is 9.21. The molecule has 0 unspecified atom stereocenters. The molecule has 4 rings (SSSR count). The van der Waals surface area contributed by atoms with Crippen molar-refractivity contribution in [2.24, 2.45) is 5.92 Å². The molecule has 3 atom stereocenters. The van der Waals surface area contributed by atoms with E-state index in [0.29, 0.717) is 6.54 Å². The molecule has 2 N–H and O–H groups in total. The van der Waals surface area contributed by atoms with Crippen LogP contribution >= 0.6 is 0 Å². The standard InChI is InChI=1S/C24H36N2O3/c27-22-11-13-24(20-8-2-1-3-9-20,18-25-23(28)19-6-4-5-7-19)12-10-21(22)26-14-16-29-17-15-26/h1-3,8-9,19,21-22,27H,4-7,10-18H2,(H,25,28)/t21-,22-,24+/m0/s1. The van der Waals surface area contributed by atoms with Gasteiger partial charge >= 0.3 is 0 Å². The summed E-state index contributed by atoms with van der Waals surface area (Å²) in [7, 11) is 0. The zero-order chi connectivity index (χ0) is 20.1. The molecule has 1 aromatic rings. The van der Waals surface area contributed by atoms with Gasteiger partial charge in [-0.05, 0) is 44.1 Å². The van der Waals surface area contributed by atoms with Crippen molar-refractivity contribution in [2.45, 2.75) is 68.9 Å². The van der Waals surface area contributed by atoms with Gasteiger partial charge in [0, 0.05) is 37.0 Å². The third-order valence-corrected chi connectivity index (χ3v) is 7.51. The second kappa shape index (κ2) is 9.59. The van der Waals surface area contributed by atoms with Crippen LogP contribution in [0.5, 0.6) is 0 Å². The molecule has 5 heteroatoms. The van der Waals surface area contributed by atoms with Crippen LogP contribution in [0.2, 0.25) is 0 Å². The average molecular weight is 401 g/mol. The number of benzene rings is 1. The van der Waals surface area contributed by atoms with Crippen molar-refractivity contribution in [1.29, 1.82) is 0 Å². The lowest BCUT2D eigenvalue weighted by Gasteiger charge is -2.37. The second-order valence-corrected chi connectivity index (χ2v) is 9.21. The highest BCUT2D eigenvalue weighted by Gasteiger charge is 2.40. The third-order valence-electron chi connectivity index (χ3n) is 7.51. The van der Waals surface area contributed by atoms with Gasteiger partial charge in [0.1, 0.15) is 0 Å². The minimum Gasteiger partial charge on any atom is -0.391 e. The topological polar surface area (TPSA) is 61.8 Å². The van der Waals surface area contributed by atoms with E-state index in [1.54, 1.807) is 0 Å². The quantitative estimate of drug-likeness (QED) is 0.746. The number of aliphatic hydroxyl groups excluding tert-OH is 1. The fourth-order valence-corrected chi connectivity index (χ4v) is 5.64. The Morgan fingerprint density at radius 1 is 1.07 bits per heavy atom. The zero-order valence-electron chi connectivity index (χ0n) is 17.5. The Bertz CT molecular complexity index is 655. The lowest BCUT2D eigenvalue weighted by atomic mass is 9.74. The van der Waals surface area contributed by atoms with Crippen LogP contribution in [0.15, 0.2) is 30.3 Å². The van der Waals surface area contributed by atoms with Gasteiger partial charge in [0.05, 0.1) is 19.3 Å². The largest absolute Gasteiger partial charge is 0.391 e. The minimum atomic E-state index is -0.316. The summed E-state index contributed by atoms with van der Waals surface area (Å²) < 4.78 is 5.51. The molecule has 0 bridgehead atoms. The molecule has 0 aromatic heterocycles. The van der Waals surface area contributed by atoms with Crippen LogP contribution in [-0.4, -0.2) is 60.9 Å². The van der Waals surface area contributed by atoms with Gasteiger partial charge in [0.15, 0.2) is 0 Å². The molecule has 5 nitrogen and oxygen atoms in total. The van der Waals surface area contributed by atoms with Crippen molar-refractivity contribution < 1.29 is 14.6 Å². The maximum Gasteiger partial charge on any atom is 0.223 e. The number of ether oxygens (including phenoxy) is 1. The molecule has 1 aliphatic heterocycles.